The van der Waals surface area contributed by atoms with Gasteiger partial charge in [-0.1, -0.05) is 23.7 Å². The van der Waals surface area contributed by atoms with E-state index >= 15 is 0 Å². The summed E-state index contributed by atoms with van der Waals surface area (Å²) in [5, 5.41) is 15.2. The number of carbonyl (C=O) groups excluding carboxylic acids is 2. The Labute approximate surface area is 190 Å². The summed E-state index contributed by atoms with van der Waals surface area (Å²) in [6, 6.07) is 16.1. The lowest BCUT2D eigenvalue weighted by atomic mass is 10.1. The maximum absolute atomic E-state index is 12.6. The average molecular weight is 453 g/mol. The van der Waals surface area contributed by atoms with Crippen molar-refractivity contribution in [3.63, 3.8) is 0 Å². The molecular formula is C24H21ClN2O5. The number of hydrogen-bond donors (Lipinski definition) is 3. The minimum Gasteiger partial charge on any atom is -0.483 e. The number of aryl methyl sites for hydroxylation is 2. The highest BCUT2D eigenvalue weighted by molar-refractivity contribution is 6.30. The standard InChI is InChI=1S/C24H21ClN2O5/c1-14-11-16(23(29)27-20-6-4-3-5-18(20)24(30)31)7-9-19(14)26-22(28)13-32-21-10-8-17(25)12-15(21)2/h3-12H,13H2,1-2H3,(H,26,28)(H,27,29)(H,30,31). The van der Waals surface area contributed by atoms with Gasteiger partial charge in [-0.2, -0.15) is 0 Å². The Morgan fingerprint density at radius 3 is 2.34 bits per heavy atom. The maximum atomic E-state index is 12.6. The van der Waals surface area contributed by atoms with Gasteiger partial charge in [-0.15, -0.1) is 0 Å². The molecule has 0 saturated carbocycles. The number of carbonyl (C=O) groups is 3. The normalized spacial score (nSPS) is 10.3. The number of nitrogens with one attached hydrogen (secondary N) is 2. The van der Waals surface area contributed by atoms with Gasteiger partial charge >= 0.3 is 5.97 Å². The summed E-state index contributed by atoms with van der Waals surface area (Å²) < 4.78 is 5.54. The van der Waals surface area contributed by atoms with Crippen LogP contribution in [-0.2, 0) is 4.79 Å². The van der Waals surface area contributed by atoms with E-state index in [1.165, 1.54) is 12.1 Å². The highest BCUT2D eigenvalue weighted by atomic mass is 35.5. The van der Waals surface area contributed by atoms with Gasteiger partial charge in [0.25, 0.3) is 11.8 Å². The summed E-state index contributed by atoms with van der Waals surface area (Å²) in [6.45, 7) is 3.40. The van der Waals surface area contributed by atoms with Gasteiger partial charge in [-0.3, -0.25) is 9.59 Å². The molecule has 0 aromatic heterocycles. The van der Waals surface area contributed by atoms with Crippen molar-refractivity contribution in [1.82, 2.24) is 0 Å². The van der Waals surface area contributed by atoms with Crippen molar-refractivity contribution in [3.05, 3.63) is 87.9 Å². The topological polar surface area (TPSA) is 105 Å². The van der Waals surface area contributed by atoms with Crippen molar-refractivity contribution in [2.75, 3.05) is 17.2 Å². The van der Waals surface area contributed by atoms with Crippen LogP contribution in [0.25, 0.3) is 0 Å². The van der Waals surface area contributed by atoms with E-state index in [0.29, 0.717) is 27.6 Å². The molecule has 0 spiro atoms. The largest absolute Gasteiger partial charge is 0.483 e. The lowest BCUT2D eigenvalue weighted by Gasteiger charge is -2.13. The van der Waals surface area contributed by atoms with Crippen molar-refractivity contribution < 1.29 is 24.2 Å². The zero-order valence-corrected chi connectivity index (χ0v) is 18.2. The van der Waals surface area contributed by atoms with Gasteiger partial charge in [0.2, 0.25) is 0 Å². The number of carboxylic acids is 1. The molecule has 0 atom stereocenters. The fraction of sp³-hybridized carbons (Fsp3) is 0.125. The van der Waals surface area contributed by atoms with E-state index in [1.54, 1.807) is 55.5 Å². The molecule has 2 amide bonds. The van der Waals surface area contributed by atoms with Crippen LogP contribution in [0, 0.1) is 13.8 Å². The summed E-state index contributed by atoms with van der Waals surface area (Å²) in [4.78, 5) is 36.2. The molecule has 0 radical (unpaired) electrons. The molecule has 0 aliphatic heterocycles. The van der Waals surface area contributed by atoms with Crippen LogP contribution in [0.2, 0.25) is 5.02 Å². The third-order valence-electron chi connectivity index (χ3n) is 4.66. The number of carboxylic acid groups (broad SMARTS) is 1. The number of aromatic carboxylic acids is 1. The molecule has 0 saturated heterocycles. The molecule has 0 unspecified atom stereocenters. The Morgan fingerprint density at radius 1 is 0.906 bits per heavy atom. The van der Waals surface area contributed by atoms with E-state index in [0.717, 1.165) is 5.56 Å². The Bertz CT molecular complexity index is 1190. The minimum absolute atomic E-state index is 0.00243. The second-order valence-corrected chi connectivity index (χ2v) is 7.52. The lowest BCUT2D eigenvalue weighted by molar-refractivity contribution is -0.118. The molecule has 0 aliphatic carbocycles. The molecule has 8 heteroatoms. The molecule has 3 rings (SSSR count). The van der Waals surface area contributed by atoms with Crippen LogP contribution in [0.4, 0.5) is 11.4 Å². The average Bonchev–Trinajstić information content (AvgIpc) is 2.74. The van der Waals surface area contributed by atoms with Crippen LogP contribution in [0.3, 0.4) is 0 Å². The Kier molecular flexibility index (Phi) is 7.12. The molecule has 32 heavy (non-hydrogen) atoms. The number of benzene rings is 3. The van der Waals surface area contributed by atoms with E-state index in [9.17, 15) is 19.5 Å². The maximum Gasteiger partial charge on any atom is 0.337 e. The first-order valence-corrected chi connectivity index (χ1v) is 10.1. The van der Waals surface area contributed by atoms with Crippen LogP contribution in [-0.4, -0.2) is 29.5 Å². The van der Waals surface area contributed by atoms with Gasteiger partial charge in [0, 0.05) is 16.3 Å². The van der Waals surface area contributed by atoms with Crippen LogP contribution in [0.15, 0.2) is 60.7 Å². The fourth-order valence-corrected chi connectivity index (χ4v) is 3.25. The van der Waals surface area contributed by atoms with Crippen molar-refractivity contribution in [2.24, 2.45) is 0 Å². The second kappa shape index (κ2) is 9.98. The van der Waals surface area contributed by atoms with Gasteiger partial charge in [0.15, 0.2) is 6.61 Å². The van der Waals surface area contributed by atoms with E-state index in [2.05, 4.69) is 10.6 Å². The van der Waals surface area contributed by atoms with Gasteiger partial charge in [0.05, 0.1) is 11.3 Å². The van der Waals surface area contributed by atoms with E-state index in [-0.39, 0.29) is 23.8 Å². The first kappa shape index (κ1) is 22.8. The molecule has 0 fully saturated rings. The first-order chi connectivity index (χ1) is 15.2. The van der Waals surface area contributed by atoms with E-state index in [4.69, 9.17) is 16.3 Å². The molecule has 164 valence electrons. The number of rotatable bonds is 7. The number of hydrogen-bond acceptors (Lipinski definition) is 4. The summed E-state index contributed by atoms with van der Waals surface area (Å²) in [5.74, 6) is -1.38. The van der Waals surface area contributed by atoms with E-state index in [1.807, 2.05) is 6.92 Å². The Balaban J connectivity index is 1.64. The number of amides is 2. The smallest absolute Gasteiger partial charge is 0.337 e. The quantitative estimate of drug-likeness (QED) is 0.471. The third kappa shape index (κ3) is 5.65. The number of halogens is 1. The Morgan fingerprint density at radius 2 is 1.66 bits per heavy atom. The predicted molar refractivity (Wildman–Crippen MR) is 123 cm³/mol. The Hall–Kier alpha value is -3.84. The molecule has 3 N–H and O–H groups in total. The summed E-state index contributed by atoms with van der Waals surface area (Å²) in [5.41, 5.74) is 2.55. The highest BCUT2D eigenvalue weighted by Gasteiger charge is 2.14. The van der Waals surface area contributed by atoms with Crippen LogP contribution >= 0.6 is 11.6 Å². The molecule has 0 heterocycles. The monoisotopic (exact) mass is 452 g/mol. The fourth-order valence-electron chi connectivity index (χ4n) is 3.02. The first-order valence-electron chi connectivity index (χ1n) is 9.67. The molecule has 3 aromatic rings. The number of anilines is 2. The second-order valence-electron chi connectivity index (χ2n) is 7.08. The van der Waals surface area contributed by atoms with Crippen molar-refractivity contribution in [3.8, 4) is 5.75 Å². The molecule has 7 nitrogen and oxygen atoms in total. The molecule has 0 bridgehead atoms. The van der Waals surface area contributed by atoms with Crippen molar-refractivity contribution >= 4 is 40.8 Å². The zero-order valence-electron chi connectivity index (χ0n) is 17.4. The van der Waals surface area contributed by atoms with Gasteiger partial charge < -0.3 is 20.5 Å². The van der Waals surface area contributed by atoms with E-state index < -0.39 is 11.9 Å². The van der Waals surface area contributed by atoms with Crippen LogP contribution in [0.5, 0.6) is 5.75 Å². The summed E-state index contributed by atoms with van der Waals surface area (Å²) in [6.07, 6.45) is 0. The van der Waals surface area contributed by atoms with Crippen LogP contribution in [0.1, 0.15) is 31.8 Å². The highest BCUT2D eigenvalue weighted by Crippen LogP contribution is 2.22. The lowest BCUT2D eigenvalue weighted by Crippen LogP contribution is -2.21. The van der Waals surface area contributed by atoms with Crippen molar-refractivity contribution in [1.29, 1.82) is 0 Å². The molecule has 3 aromatic carbocycles. The summed E-state index contributed by atoms with van der Waals surface area (Å²) >= 11 is 5.92. The van der Waals surface area contributed by atoms with Crippen LogP contribution < -0.4 is 15.4 Å². The zero-order chi connectivity index (χ0) is 23.3. The SMILES string of the molecule is Cc1cc(C(=O)Nc2ccccc2C(=O)O)ccc1NC(=O)COc1ccc(Cl)cc1C. The van der Waals surface area contributed by atoms with Gasteiger partial charge in [-0.25, -0.2) is 4.79 Å². The number of para-hydroxylation sites is 1. The van der Waals surface area contributed by atoms with Gasteiger partial charge in [-0.05, 0) is 73.5 Å². The third-order valence-corrected chi connectivity index (χ3v) is 4.90. The minimum atomic E-state index is -1.13. The number of ether oxygens (including phenoxy) is 1. The van der Waals surface area contributed by atoms with Crippen molar-refractivity contribution in [2.45, 2.75) is 13.8 Å². The summed E-state index contributed by atoms with van der Waals surface area (Å²) in [7, 11) is 0. The molecule has 0 aliphatic rings. The predicted octanol–water partition coefficient (Wildman–Crippen LogP) is 4.92. The van der Waals surface area contributed by atoms with Gasteiger partial charge in [0.1, 0.15) is 5.75 Å². The molecular weight excluding hydrogens is 432 g/mol.